The predicted molar refractivity (Wildman–Crippen MR) is 61.5 cm³/mol. The zero-order chi connectivity index (χ0) is 11.7. The van der Waals surface area contributed by atoms with E-state index in [9.17, 15) is 8.78 Å². The molecule has 1 saturated carbocycles. The van der Waals surface area contributed by atoms with Crippen molar-refractivity contribution in [1.82, 2.24) is 0 Å². The average molecular weight is 224 g/mol. The molecule has 0 radical (unpaired) electrons. The van der Waals surface area contributed by atoms with Crippen molar-refractivity contribution in [2.45, 2.75) is 45.4 Å². The molecule has 0 unspecified atom stereocenters. The minimum Gasteiger partial charge on any atom is -0.204 e. The Morgan fingerprint density at radius 2 is 1.69 bits per heavy atom. The summed E-state index contributed by atoms with van der Waals surface area (Å²) in [7, 11) is 0. The smallest absolute Gasteiger partial charge is 0.162 e. The molecule has 88 valence electrons. The van der Waals surface area contributed by atoms with Crippen molar-refractivity contribution in [3.63, 3.8) is 0 Å². The first-order valence-corrected chi connectivity index (χ1v) is 6.04. The molecule has 1 aliphatic rings. The fraction of sp³-hybridized carbons (Fsp3) is 0.571. The largest absolute Gasteiger partial charge is 0.204 e. The van der Waals surface area contributed by atoms with Crippen molar-refractivity contribution in [2.24, 2.45) is 5.92 Å². The van der Waals surface area contributed by atoms with Crippen molar-refractivity contribution in [3.05, 3.63) is 34.9 Å². The number of rotatable bonds is 1. The van der Waals surface area contributed by atoms with Gasteiger partial charge in [0.2, 0.25) is 0 Å². The maximum absolute atomic E-state index is 13.8. The summed E-state index contributed by atoms with van der Waals surface area (Å²) in [6.07, 6.45) is 4.23. The van der Waals surface area contributed by atoms with Gasteiger partial charge in [-0.25, -0.2) is 8.78 Å². The van der Waals surface area contributed by atoms with E-state index in [4.69, 9.17) is 0 Å². The highest BCUT2D eigenvalue weighted by molar-refractivity contribution is 5.32. The summed E-state index contributed by atoms with van der Waals surface area (Å²) in [5.74, 6) is -0.390. The van der Waals surface area contributed by atoms with Crippen LogP contribution in [0.4, 0.5) is 8.78 Å². The number of hydrogen-bond acceptors (Lipinski definition) is 0. The van der Waals surface area contributed by atoms with Crippen LogP contribution in [0.25, 0.3) is 0 Å². The summed E-state index contributed by atoms with van der Waals surface area (Å²) in [4.78, 5) is 0. The zero-order valence-electron chi connectivity index (χ0n) is 9.89. The lowest BCUT2D eigenvalue weighted by Gasteiger charge is -2.27. The Morgan fingerprint density at radius 3 is 2.31 bits per heavy atom. The lowest BCUT2D eigenvalue weighted by Crippen LogP contribution is -2.14. The Morgan fingerprint density at radius 1 is 1.06 bits per heavy atom. The van der Waals surface area contributed by atoms with Crippen LogP contribution in [-0.2, 0) is 0 Å². The fourth-order valence-electron chi connectivity index (χ4n) is 2.71. The lowest BCUT2D eigenvalue weighted by molar-refractivity contribution is 0.338. The van der Waals surface area contributed by atoms with Gasteiger partial charge in [-0.3, -0.25) is 0 Å². The monoisotopic (exact) mass is 224 g/mol. The molecule has 0 amide bonds. The second kappa shape index (κ2) is 4.52. The second-order valence-corrected chi connectivity index (χ2v) is 5.05. The van der Waals surface area contributed by atoms with Gasteiger partial charge < -0.3 is 0 Å². The summed E-state index contributed by atoms with van der Waals surface area (Å²) in [6, 6.07) is 2.91. The van der Waals surface area contributed by atoms with Gasteiger partial charge in [-0.1, -0.05) is 25.8 Å². The Labute approximate surface area is 95.7 Å². The van der Waals surface area contributed by atoms with E-state index in [0.29, 0.717) is 5.56 Å². The quantitative estimate of drug-likeness (QED) is 0.655. The Kier molecular flexibility index (Phi) is 3.27. The number of aryl methyl sites for hydroxylation is 1. The highest BCUT2D eigenvalue weighted by atomic mass is 19.2. The van der Waals surface area contributed by atoms with Crippen molar-refractivity contribution in [3.8, 4) is 0 Å². The molecule has 0 atom stereocenters. The van der Waals surface area contributed by atoms with Crippen LogP contribution in [0.3, 0.4) is 0 Å². The van der Waals surface area contributed by atoms with Gasteiger partial charge in [0.25, 0.3) is 0 Å². The molecule has 0 aliphatic heterocycles. The van der Waals surface area contributed by atoms with Crippen LogP contribution in [0.1, 0.15) is 49.7 Å². The molecule has 0 bridgehead atoms. The highest BCUT2D eigenvalue weighted by Gasteiger charge is 2.24. The third kappa shape index (κ3) is 2.11. The molecule has 0 aromatic heterocycles. The third-order valence-electron chi connectivity index (χ3n) is 3.77. The molecule has 1 fully saturated rings. The van der Waals surface area contributed by atoms with E-state index in [1.54, 1.807) is 6.07 Å². The molecule has 0 nitrogen and oxygen atoms in total. The lowest BCUT2D eigenvalue weighted by atomic mass is 9.78. The summed E-state index contributed by atoms with van der Waals surface area (Å²) in [5.41, 5.74) is 1.50. The first-order valence-electron chi connectivity index (χ1n) is 6.04. The van der Waals surface area contributed by atoms with Gasteiger partial charge >= 0.3 is 0 Å². The van der Waals surface area contributed by atoms with Crippen LogP contribution >= 0.6 is 0 Å². The molecule has 16 heavy (non-hydrogen) atoms. The minimum absolute atomic E-state index is 0.215. The summed E-state index contributed by atoms with van der Waals surface area (Å²) in [6.45, 7) is 4.10. The fourth-order valence-corrected chi connectivity index (χ4v) is 2.71. The number of benzene rings is 1. The maximum Gasteiger partial charge on any atom is 0.162 e. The van der Waals surface area contributed by atoms with Crippen LogP contribution in [0, 0.1) is 24.5 Å². The molecule has 1 aliphatic carbocycles. The van der Waals surface area contributed by atoms with Gasteiger partial charge in [-0.15, -0.1) is 0 Å². The first kappa shape index (κ1) is 11.6. The van der Waals surface area contributed by atoms with Crippen molar-refractivity contribution < 1.29 is 8.78 Å². The topological polar surface area (TPSA) is 0 Å². The molecule has 1 aromatic rings. The van der Waals surface area contributed by atoms with E-state index in [1.165, 1.54) is 6.07 Å². The average Bonchev–Trinajstić information content (AvgIpc) is 2.27. The van der Waals surface area contributed by atoms with E-state index in [-0.39, 0.29) is 5.92 Å². The predicted octanol–water partition coefficient (Wildman–Crippen LogP) is 4.57. The molecule has 2 heteroatoms. The molecule has 0 saturated heterocycles. The van der Waals surface area contributed by atoms with Crippen molar-refractivity contribution in [1.29, 1.82) is 0 Å². The molecular weight excluding hydrogens is 206 g/mol. The van der Waals surface area contributed by atoms with Crippen molar-refractivity contribution >= 4 is 0 Å². The standard InChI is InChI=1S/C14H18F2/c1-9-3-6-11(7-4-9)13-10(2)5-8-12(15)14(13)16/h5,8-9,11H,3-4,6-7H2,1-2H3. The van der Waals surface area contributed by atoms with Gasteiger partial charge in [0, 0.05) is 0 Å². The van der Waals surface area contributed by atoms with Crippen LogP contribution in [0.2, 0.25) is 0 Å². The summed E-state index contributed by atoms with van der Waals surface area (Å²) in [5, 5.41) is 0. The summed E-state index contributed by atoms with van der Waals surface area (Å²) < 4.78 is 27.0. The van der Waals surface area contributed by atoms with Crippen LogP contribution < -0.4 is 0 Å². The van der Waals surface area contributed by atoms with Crippen LogP contribution in [-0.4, -0.2) is 0 Å². The van der Waals surface area contributed by atoms with E-state index in [0.717, 1.165) is 37.2 Å². The Hall–Kier alpha value is -0.920. The molecule has 2 rings (SSSR count). The maximum atomic E-state index is 13.8. The van der Waals surface area contributed by atoms with Gasteiger partial charge in [-0.2, -0.15) is 0 Å². The molecule has 0 N–H and O–H groups in total. The SMILES string of the molecule is Cc1ccc(F)c(F)c1C1CCC(C)CC1. The van der Waals surface area contributed by atoms with E-state index in [2.05, 4.69) is 6.92 Å². The van der Waals surface area contributed by atoms with Crippen molar-refractivity contribution in [2.75, 3.05) is 0 Å². The minimum atomic E-state index is -0.709. The molecule has 0 spiro atoms. The Balaban J connectivity index is 2.29. The first-order chi connectivity index (χ1) is 7.59. The van der Waals surface area contributed by atoms with E-state index in [1.807, 2.05) is 6.92 Å². The van der Waals surface area contributed by atoms with Crippen LogP contribution in [0.15, 0.2) is 12.1 Å². The highest BCUT2D eigenvalue weighted by Crippen LogP contribution is 2.38. The second-order valence-electron chi connectivity index (χ2n) is 5.05. The van der Waals surface area contributed by atoms with Gasteiger partial charge in [0.05, 0.1) is 0 Å². The molecule has 0 heterocycles. The summed E-state index contributed by atoms with van der Waals surface area (Å²) >= 11 is 0. The van der Waals surface area contributed by atoms with E-state index >= 15 is 0 Å². The van der Waals surface area contributed by atoms with Gasteiger partial charge in [0.15, 0.2) is 11.6 Å². The normalized spacial score (nSPS) is 25.8. The van der Waals surface area contributed by atoms with Gasteiger partial charge in [0.1, 0.15) is 0 Å². The third-order valence-corrected chi connectivity index (χ3v) is 3.77. The molecular formula is C14H18F2. The number of halogens is 2. The zero-order valence-corrected chi connectivity index (χ0v) is 9.89. The van der Waals surface area contributed by atoms with Crippen LogP contribution in [0.5, 0.6) is 0 Å². The molecule has 1 aromatic carbocycles. The van der Waals surface area contributed by atoms with E-state index < -0.39 is 11.6 Å². The Bertz CT molecular complexity index is 377. The van der Waals surface area contributed by atoms with Gasteiger partial charge in [-0.05, 0) is 48.8 Å². The number of hydrogen-bond donors (Lipinski definition) is 0.